The Morgan fingerprint density at radius 3 is 3.04 bits per heavy atom. The van der Waals surface area contributed by atoms with Gasteiger partial charge in [-0.15, -0.1) is 0 Å². The molecule has 1 atom stereocenters. The summed E-state index contributed by atoms with van der Waals surface area (Å²) in [6.07, 6.45) is 2.38. The molecule has 0 fully saturated rings. The molecular weight excluding hydrogens is 354 g/mol. The van der Waals surface area contributed by atoms with Crippen molar-refractivity contribution in [2.45, 2.75) is 12.5 Å². The van der Waals surface area contributed by atoms with Gasteiger partial charge in [0, 0.05) is 47.2 Å². The Morgan fingerprint density at radius 1 is 1.38 bits per heavy atom. The molecule has 1 amide bonds. The minimum atomic E-state index is -0.161. The summed E-state index contributed by atoms with van der Waals surface area (Å²) in [5.41, 5.74) is 2.35. The van der Waals surface area contributed by atoms with Crippen LogP contribution in [0.15, 0.2) is 36.5 Å². The summed E-state index contributed by atoms with van der Waals surface area (Å²) >= 11 is 6.07. The molecule has 1 aliphatic rings. The number of carbonyl (C=O) groups is 1. The zero-order chi connectivity index (χ0) is 18.3. The molecule has 0 bridgehead atoms. The van der Waals surface area contributed by atoms with E-state index in [0.29, 0.717) is 35.4 Å². The first kappa shape index (κ1) is 16.7. The largest absolute Gasteiger partial charge is 0.493 e. The van der Waals surface area contributed by atoms with E-state index in [1.807, 2.05) is 35.9 Å². The molecule has 6 nitrogen and oxygen atoms in total. The van der Waals surface area contributed by atoms with Crippen molar-refractivity contribution in [3.63, 3.8) is 0 Å². The van der Waals surface area contributed by atoms with Crippen molar-refractivity contribution in [2.24, 2.45) is 7.05 Å². The Bertz CT molecular complexity index is 999. The molecule has 2 aromatic heterocycles. The van der Waals surface area contributed by atoms with Crippen LogP contribution in [0, 0.1) is 0 Å². The number of aryl methyl sites for hydroxylation is 1. The number of halogens is 1. The number of ether oxygens (including phenoxy) is 2. The quantitative estimate of drug-likeness (QED) is 0.765. The Hall–Kier alpha value is -2.73. The fourth-order valence-corrected chi connectivity index (χ4v) is 3.44. The van der Waals surface area contributed by atoms with E-state index in [0.717, 1.165) is 16.5 Å². The Kier molecular flexibility index (Phi) is 4.20. The molecule has 0 spiro atoms. The smallest absolute Gasteiger partial charge is 0.268 e. The predicted octanol–water partition coefficient (Wildman–Crippen LogP) is 3.49. The molecule has 134 valence electrons. The number of fused-ring (bicyclic) bond motifs is 2. The fourth-order valence-electron chi connectivity index (χ4n) is 3.27. The molecular formula is C19H18ClN3O3. The number of nitrogens with zero attached hydrogens (tertiary/aromatic N) is 2. The topological polar surface area (TPSA) is 65.4 Å². The van der Waals surface area contributed by atoms with E-state index in [-0.39, 0.29) is 11.9 Å². The molecule has 3 aromatic rings. The maximum atomic E-state index is 12.9. The number of methoxy groups -OCH3 is 1. The summed E-state index contributed by atoms with van der Waals surface area (Å²) in [6.45, 7) is 0.524. The Morgan fingerprint density at radius 2 is 2.23 bits per heavy atom. The van der Waals surface area contributed by atoms with Crippen molar-refractivity contribution in [3.8, 4) is 11.6 Å². The minimum Gasteiger partial charge on any atom is -0.493 e. The van der Waals surface area contributed by atoms with Crippen LogP contribution in [0.3, 0.4) is 0 Å². The number of rotatable bonds is 3. The molecule has 0 saturated carbocycles. The van der Waals surface area contributed by atoms with Gasteiger partial charge in [0.2, 0.25) is 5.88 Å². The first-order valence-corrected chi connectivity index (χ1v) is 8.67. The third kappa shape index (κ3) is 2.86. The van der Waals surface area contributed by atoms with Crippen molar-refractivity contribution < 1.29 is 14.3 Å². The lowest BCUT2D eigenvalue weighted by Crippen LogP contribution is -2.33. The van der Waals surface area contributed by atoms with Gasteiger partial charge in [0.05, 0.1) is 19.8 Å². The lowest BCUT2D eigenvalue weighted by Gasteiger charge is -2.26. The molecule has 7 heteroatoms. The van der Waals surface area contributed by atoms with Gasteiger partial charge < -0.3 is 19.4 Å². The normalized spacial score (nSPS) is 16.0. The van der Waals surface area contributed by atoms with Gasteiger partial charge in [0.1, 0.15) is 11.4 Å². The van der Waals surface area contributed by atoms with E-state index < -0.39 is 0 Å². The van der Waals surface area contributed by atoms with E-state index in [9.17, 15) is 4.79 Å². The van der Waals surface area contributed by atoms with Gasteiger partial charge in [-0.25, -0.2) is 4.98 Å². The van der Waals surface area contributed by atoms with E-state index in [1.54, 1.807) is 19.4 Å². The van der Waals surface area contributed by atoms with Crippen LogP contribution in [-0.2, 0) is 7.05 Å². The maximum absolute atomic E-state index is 12.9. The van der Waals surface area contributed by atoms with E-state index >= 15 is 0 Å². The zero-order valence-electron chi connectivity index (χ0n) is 14.5. The third-order valence-electron chi connectivity index (χ3n) is 4.66. The number of carbonyl (C=O) groups excluding carboxylic acids is 1. The third-order valence-corrected chi connectivity index (χ3v) is 4.90. The van der Waals surface area contributed by atoms with Gasteiger partial charge in [-0.1, -0.05) is 17.7 Å². The molecule has 1 N–H and O–H groups in total. The van der Waals surface area contributed by atoms with Crippen LogP contribution < -0.4 is 14.8 Å². The van der Waals surface area contributed by atoms with Crippen molar-refractivity contribution in [2.75, 3.05) is 13.7 Å². The van der Waals surface area contributed by atoms with Gasteiger partial charge in [0.15, 0.2) is 0 Å². The summed E-state index contributed by atoms with van der Waals surface area (Å²) in [5.74, 6) is 1.03. The number of nitrogens with one attached hydrogen (secondary N) is 1. The van der Waals surface area contributed by atoms with Crippen LogP contribution in [0.4, 0.5) is 0 Å². The van der Waals surface area contributed by atoms with Gasteiger partial charge in [-0.05, 0) is 18.2 Å². The van der Waals surface area contributed by atoms with Crippen molar-refractivity contribution in [3.05, 3.63) is 52.8 Å². The summed E-state index contributed by atoms with van der Waals surface area (Å²) in [6, 6.07) is 9.03. The van der Waals surface area contributed by atoms with Crippen molar-refractivity contribution in [1.82, 2.24) is 14.9 Å². The van der Waals surface area contributed by atoms with Crippen LogP contribution in [0.1, 0.15) is 28.5 Å². The predicted molar refractivity (Wildman–Crippen MR) is 99.0 cm³/mol. The lowest BCUT2D eigenvalue weighted by atomic mass is 10.0. The number of aromatic nitrogens is 2. The molecule has 3 heterocycles. The van der Waals surface area contributed by atoms with Gasteiger partial charge in [-0.2, -0.15) is 0 Å². The zero-order valence-corrected chi connectivity index (χ0v) is 15.2. The van der Waals surface area contributed by atoms with Crippen LogP contribution in [0.2, 0.25) is 5.02 Å². The molecule has 0 aliphatic carbocycles. The van der Waals surface area contributed by atoms with E-state index in [1.165, 1.54) is 0 Å². The Balaban J connectivity index is 1.63. The SMILES string of the molecule is COc1cc2c(cn1)C(NC(=O)c1cc3ccc(Cl)cc3n1C)CCO2. The summed E-state index contributed by atoms with van der Waals surface area (Å²) < 4.78 is 12.7. The minimum absolute atomic E-state index is 0.145. The molecule has 1 aliphatic heterocycles. The summed E-state index contributed by atoms with van der Waals surface area (Å²) in [4.78, 5) is 17.1. The number of hydrogen-bond donors (Lipinski definition) is 1. The first-order chi connectivity index (χ1) is 12.6. The number of benzene rings is 1. The fraction of sp³-hybridized carbons (Fsp3) is 0.263. The van der Waals surface area contributed by atoms with E-state index in [4.69, 9.17) is 21.1 Å². The average Bonchev–Trinajstić information content (AvgIpc) is 2.98. The second-order valence-electron chi connectivity index (χ2n) is 6.22. The van der Waals surface area contributed by atoms with Gasteiger partial charge >= 0.3 is 0 Å². The highest BCUT2D eigenvalue weighted by Crippen LogP contribution is 2.34. The highest BCUT2D eigenvalue weighted by Gasteiger charge is 2.25. The second kappa shape index (κ2) is 6.53. The summed E-state index contributed by atoms with van der Waals surface area (Å²) in [5, 5.41) is 4.71. The van der Waals surface area contributed by atoms with Crippen LogP contribution >= 0.6 is 11.6 Å². The molecule has 4 rings (SSSR count). The van der Waals surface area contributed by atoms with Crippen molar-refractivity contribution in [1.29, 1.82) is 0 Å². The highest BCUT2D eigenvalue weighted by molar-refractivity contribution is 6.31. The standard InChI is InChI=1S/C19H18ClN3O3/c1-23-15-8-12(20)4-3-11(15)7-16(23)19(24)22-14-5-6-26-17-9-18(25-2)21-10-13(14)17/h3-4,7-10,14H,5-6H2,1-2H3,(H,22,24). The van der Waals surface area contributed by atoms with Crippen molar-refractivity contribution >= 4 is 28.4 Å². The van der Waals surface area contributed by atoms with Gasteiger partial charge in [-0.3, -0.25) is 4.79 Å². The van der Waals surface area contributed by atoms with Crippen LogP contribution in [0.5, 0.6) is 11.6 Å². The van der Waals surface area contributed by atoms with Crippen LogP contribution in [-0.4, -0.2) is 29.2 Å². The first-order valence-electron chi connectivity index (χ1n) is 8.29. The average molecular weight is 372 g/mol. The monoisotopic (exact) mass is 371 g/mol. The molecule has 0 radical (unpaired) electrons. The highest BCUT2D eigenvalue weighted by atomic mass is 35.5. The molecule has 1 unspecified atom stereocenters. The van der Waals surface area contributed by atoms with E-state index in [2.05, 4.69) is 10.3 Å². The number of hydrogen-bond acceptors (Lipinski definition) is 4. The molecule has 0 saturated heterocycles. The maximum Gasteiger partial charge on any atom is 0.268 e. The van der Waals surface area contributed by atoms with Crippen LogP contribution in [0.25, 0.3) is 10.9 Å². The number of pyridine rings is 1. The second-order valence-corrected chi connectivity index (χ2v) is 6.66. The van der Waals surface area contributed by atoms with Gasteiger partial charge in [0.25, 0.3) is 5.91 Å². The number of amides is 1. The Labute approximate surface area is 155 Å². The molecule has 1 aromatic carbocycles. The summed E-state index contributed by atoms with van der Waals surface area (Å²) in [7, 11) is 3.42. The lowest BCUT2D eigenvalue weighted by molar-refractivity contribution is 0.0917. The molecule has 26 heavy (non-hydrogen) atoms.